The molecule has 0 bridgehead atoms. The van der Waals surface area contributed by atoms with Gasteiger partial charge in [-0.15, -0.1) is 11.3 Å². The molecule has 0 radical (unpaired) electrons. The first kappa shape index (κ1) is 19.4. The molecule has 4 rings (SSSR count). The SMILES string of the molecule is CCCn1c(=O)n(CCC(=O)N(C)Cc2nc3ccccc3s2)c2ccccc21. The summed E-state index contributed by atoms with van der Waals surface area (Å²) in [6.07, 6.45) is 1.17. The molecule has 0 atom stereocenters. The van der Waals surface area contributed by atoms with Gasteiger partial charge in [0.1, 0.15) is 5.01 Å². The molecule has 2 aromatic heterocycles. The van der Waals surface area contributed by atoms with Gasteiger partial charge in [-0.1, -0.05) is 31.2 Å². The Bertz CT molecular complexity index is 1190. The summed E-state index contributed by atoms with van der Waals surface area (Å²) in [6, 6.07) is 15.7. The largest absolute Gasteiger partial charge is 0.339 e. The number of thiazole rings is 1. The lowest BCUT2D eigenvalue weighted by Gasteiger charge is -2.15. The van der Waals surface area contributed by atoms with Gasteiger partial charge in [-0.05, 0) is 30.7 Å². The summed E-state index contributed by atoms with van der Waals surface area (Å²) in [4.78, 5) is 31.8. The monoisotopic (exact) mass is 408 g/mol. The lowest BCUT2D eigenvalue weighted by Crippen LogP contribution is -2.30. The third-order valence-corrected chi connectivity index (χ3v) is 6.08. The Morgan fingerprint density at radius 1 is 1.03 bits per heavy atom. The van der Waals surface area contributed by atoms with Crippen molar-refractivity contribution in [2.45, 2.75) is 39.4 Å². The van der Waals surface area contributed by atoms with E-state index in [1.165, 1.54) is 0 Å². The second kappa shape index (κ2) is 8.21. The maximum atomic E-state index is 12.8. The summed E-state index contributed by atoms with van der Waals surface area (Å²) in [6.45, 7) is 3.58. The maximum Gasteiger partial charge on any atom is 0.329 e. The van der Waals surface area contributed by atoms with E-state index in [9.17, 15) is 9.59 Å². The summed E-state index contributed by atoms with van der Waals surface area (Å²) < 4.78 is 4.64. The van der Waals surface area contributed by atoms with E-state index in [1.54, 1.807) is 32.4 Å². The Morgan fingerprint density at radius 2 is 1.69 bits per heavy atom. The van der Waals surface area contributed by atoms with Crippen LogP contribution >= 0.6 is 11.3 Å². The van der Waals surface area contributed by atoms with Crippen molar-refractivity contribution in [3.8, 4) is 0 Å². The molecule has 2 aromatic carbocycles. The molecule has 7 heteroatoms. The molecule has 0 aliphatic heterocycles. The molecule has 150 valence electrons. The minimum absolute atomic E-state index is 0.00322. The summed E-state index contributed by atoms with van der Waals surface area (Å²) in [7, 11) is 1.79. The van der Waals surface area contributed by atoms with E-state index in [4.69, 9.17) is 0 Å². The molecule has 0 saturated heterocycles. The van der Waals surface area contributed by atoms with Crippen molar-refractivity contribution in [2.24, 2.45) is 0 Å². The van der Waals surface area contributed by atoms with Crippen LogP contribution in [-0.2, 0) is 24.4 Å². The van der Waals surface area contributed by atoms with Crippen molar-refractivity contribution in [1.82, 2.24) is 19.0 Å². The van der Waals surface area contributed by atoms with Crippen molar-refractivity contribution in [3.63, 3.8) is 0 Å². The van der Waals surface area contributed by atoms with Crippen molar-refractivity contribution < 1.29 is 4.79 Å². The molecule has 0 aliphatic carbocycles. The molecule has 1 amide bonds. The van der Waals surface area contributed by atoms with Crippen LogP contribution in [0.15, 0.2) is 53.3 Å². The van der Waals surface area contributed by atoms with Crippen LogP contribution in [0.3, 0.4) is 0 Å². The summed E-state index contributed by atoms with van der Waals surface area (Å²) in [5.74, 6) is 0.00322. The zero-order valence-corrected chi connectivity index (χ0v) is 17.5. The molecule has 0 spiro atoms. The van der Waals surface area contributed by atoms with E-state index >= 15 is 0 Å². The Morgan fingerprint density at radius 3 is 2.38 bits per heavy atom. The number of nitrogens with zero attached hydrogens (tertiary/aromatic N) is 4. The highest BCUT2D eigenvalue weighted by Crippen LogP contribution is 2.22. The lowest BCUT2D eigenvalue weighted by atomic mass is 10.3. The van der Waals surface area contributed by atoms with Gasteiger partial charge in [0, 0.05) is 26.6 Å². The van der Waals surface area contributed by atoms with E-state index in [1.807, 2.05) is 48.5 Å². The first-order valence-electron chi connectivity index (χ1n) is 9.85. The van der Waals surface area contributed by atoms with Gasteiger partial charge in [-0.3, -0.25) is 13.9 Å². The van der Waals surface area contributed by atoms with Crippen molar-refractivity contribution in [3.05, 3.63) is 64.0 Å². The molecule has 2 heterocycles. The lowest BCUT2D eigenvalue weighted by molar-refractivity contribution is -0.130. The summed E-state index contributed by atoms with van der Waals surface area (Å²) in [5.41, 5.74) is 2.72. The third-order valence-electron chi connectivity index (χ3n) is 5.06. The fraction of sp³-hybridized carbons (Fsp3) is 0.318. The predicted molar refractivity (Wildman–Crippen MR) is 117 cm³/mol. The number of hydrogen-bond acceptors (Lipinski definition) is 4. The molecule has 0 aliphatic rings. The predicted octanol–water partition coefficient (Wildman–Crippen LogP) is 3.87. The molecule has 6 nitrogen and oxygen atoms in total. The second-order valence-corrected chi connectivity index (χ2v) is 8.26. The molecule has 0 unspecified atom stereocenters. The van der Waals surface area contributed by atoms with E-state index in [0.717, 1.165) is 32.7 Å². The maximum absolute atomic E-state index is 12.8. The van der Waals surface area contributed by atoms with Crippen LogP contribution < -0.4 is 5.69 Å². The normalized spacial score (nSPS) is 11.4. The number of amides is 1. The average molecular weight is 409 g/mol. The van der Waals surface area contributed by atoms with Gasteiger partial charge >= 0.3 is 5.69 Å². The number of fused-ring (bicyclic) bond motifs is 2. The van der Waals surface area contributed by atoms with E-state index in [0.29, 0.717) is 19.6 Å². The molecular weight excluding hydrogens is 384 g/mol. The smallest absolute Gasteiger partial charge is 0.329 e. The Labute approximate surface area is 173 Å². The molecule has 0 saturated carbocycles. The minimum atomic E-state index is -0.0466. The highest BCUT2D eigenvalue weighted by Gasteiger charge is 2.16. The van der Waals surface area contributed by atoms with Crippen LogP contribution in [-0.4, -0.2) is 32.0 Å². The van der Waals surface area contributed by atoms with Crippen LogP contribution in [0.5, 0.6) is 0 Å². The van der Waals surface area contributed by atoms with Gasteiger partial charge in [-0.25, -0.2) is 9.78 Å². The number of rotatable bonds is 7. The fourth-order valence-electron chi connectivity index (χ4n) is 3.61. The number of carbonyl (C=O) groups excluding carboxylic acids is 1. The average Bonchev–Trinajstić information content (AvgIpc) is 3.25. The van der Waals surface area contributed by atoms with E-state index < -0.39 is 0 Å². The van der Waals surface area contributed by atoms with E-state index in [-0.39, 0.29) is 18.0 Å². The van der Waals surface area contributed by atoms with Gasteiger partial charge in [0.2, 0.25) is 5.91 Å². The molecule has 29 heavy (non-hydrogen) atoms. The third kappa shape index (κ3) is 3.82. The van der Waals surface area contributed by atoms with Gasteiger partial charge < -0.3 is 4.90 Å². The van der Waals surface area contributed by atoms with Gasteiger partial charge in [0.25, 0.3) is 0 Å². The zero-order chi connectivity index (χ0) is 20.4. The van der Waals surface area contributed by atoms with Crippen LogP contribution in [0.1, 0.15) is 24.8 Å². The van der Waals surface area contributed by atoms with Crippen LogP contribution in [0, 0.1) is 0 Å². The van der Waals surface area contributed by atoms with Crippen LogP contribution in [0.25, 0.3) is 21.3 Å². The highest BCUT2D eigenvalue weighted by atomic mass is 32.1. The number of carbonyl (C=O) groups is 1. The van der Waals surface area contributed by atoms with Crippen molar-refractivity contribution >= 4 is 38.5 Å². The Hall–Kier alpha value is -2.93. The van der Waals surface area contributed by atoms with Gasteiger partial charge in [-0.2, -0.15) is 0 Å². The summed E-state index contributed by atoms with van der Waals surface area (Å²) >= 11 is 1.61. The highest BCUT2D eigenvalue weighted by molar-refractivity contribution is 7.18. The number of hydrogen-bond donors (Lipinski definition) is 0. The number of imidazole rings is 1. The Balaban J connectivity index is 1.48. The first-order valence-corrected chi connectivity index (χ1v) is 10.7. The molecular formula is C22H24N4O2S. The zero-order valence-electron chi connectivity index (χ0n) is 16.7. The summed E-state index contributed by atoms with van der Waals surface area (Å²) in [5, 5.41) is 0.916. The molecule has 4 aromatic rings. The Kier molecular flexibility index (Phi) is 5.49. The topological polar surface area (TPSA) is 60.1 Å². The number of aromatic nitrogens is 3. The number of para-hydroxylation sites is 3. The van der Waals surface area contributed by atoms with Crippen LogP contribution in [0.4, 0.5) is 0 Å². The van der Waals surface area contributed by atoms with Crippen molar-refractivity contribution in [2.75, 3.05) is 7.05 Å². The standard InChI is InChI=1S/C22H24N4O2S/c1-3-13-25-17-9-5-6-10-18(17)26(22(25)28)14-12-21(27)24(2)15-20-23-16-8-4-7-11-19(16)29-20/h4-11H,3,12-15H2,1-2H3. The second-order valence-electron chi connectivity index (χ2n) is 7.15. The minimum Gasteiger partial charge on any atom is -0.339 e. The number of aryl methyl sites for hydroxylation is 2. The fourth-order valence-corrected chi connectivity index (χ4v) is 4.63. The van der Waals surface area contributed by atoms with Gasteiger partial charge in [0.15, 0.2) is 0 Å². The first-order chi connectivity index (χ1) is 14.1. The number of benzene rings is 2. The van der Waals surface area contributed by atoms with Gasteiger partial charge in [0.05, 0.1) is 27.8 Å². The van der Waals surface area contributed by atoms with Crippen molar-refractivity contribution in [1.29, 1.82) is 0 Å². The molecule has 0 N–H and O–H groups in total. The van der Waals surface area contributed by atoms with E-state index in [2.05, 4.69) is 11.9 Å². The molecule has 0 fully saturated rings. The quantitative estimate of drug-likeness (QED) is 0.466. The van der Waals surface area contributed by atoms with Crippen LogP contribution in [0.2, 0.25) is 0 Å².